The van der Waals surface area contributed by atoms with Gasteiger partial charge < -0.3 is 19.9 Å². The van der Waals surface area contributed by atoms with E-state index in [0.29, 0.717) is 0 Å². The third-order valence-corrected chi connectivity index (χ3v) is 7.81. The molecule has 8 N–H and O–H groups in total. The molecule has 8 nitrogen and oxygen atoms in total. The van der Waals surface area contributed by atoms with Crippen molar-refractivity contribution >= 4 is 22.8 Å². The number of aromatic amines is 6. The molecule has 8 heteroatoms. The predicted octanol–water partition coefficient (Wildman–Crippen LogP) is 4.81. The Morgan fingerprint density at radius 2 is 0.762 bits per heavy atom. The van der Waals surface area contributed by atoms with Gasteiger partial charge in [0.05, 0.1) is 58.5 Å². The van der Waals surface area contributed by atoms with Crippen molar-refractivity contribution in [3.8, 4) is 22.8 Å². The van der Waals surface area contributed by atoms with Gasteiger partial charge in [0.15, 0.2) is 33.5 Å². The smallest absolute Gasteiger partial charge is 0.186 e. The molecule has 0 spiro atoms. The van der Waals surface area contributed by atoms with Crippen LogP contribution >= 0.6 is 0 Å². The molecule has 0 saturated carbocycles. The first kappa shape index (κ1) is 24.1. The van der Waals surface area contributed by atoms with E-state index in [1.54, 1.807) is 0 Å². The van der Waals surface area contributed by atoms with Crippen LogP contribution in [0.1, 0.15) is 22.8 Å². The van der Waals surface area contributed by atoms with Gasteiger partial charge in [0.1, 0.15) is 11.4 Å². The quantitative estimate of drug-likeness (QED) is 0.151. The third-order valence-electron chi connectivity index (χ3n) is 7.81. The van der Waals surface area contributed by atoms with Crippen LogP contribution in [0.5, 0.6) is 0 Å². The second kappa shape index (κ2) is 9.42. The second-order valence-corrected chi connectivity index (χ2v) is 10.8. The van der Waals surface area contributed by atoms with Gasteiger partial charge in [-0.3, -0.25) is 20.6 Å². The molecule has 0 fully saturated rings. The fourth-order valence-corrected chi connectivity index (χ4v) is 5.58. The van der Waals surface area contributed by atoms with E-state index in [4.69, 9.17) is 0 Å². The highest BCUT2D eigenvalue weighted by atomic mass is 15.0. The van der Waals surface area contributed by atoms with Crippen LogP contribution in [0.2, 0.25) is 0 Å². The Morgan fingerprint density at radius 3 is 1.19 bits per heavy atom. The van der Waals surface area contributed by atoms with Gasteiger partial charge in [-0.25, -0.2) is 0 Å². The molecule has 0 atom stereocenters. The molecule has 6 aromatic heterocycles. The van der Waals surface area contributed by atoms with E-state index in [2.05, 4.69) is 152 Å². The van der Waals surface area contributed by atoms with Crippen LogP contribution in [-0.4, -0.2) is 29.9 Å². The first-order valence-electron chi connectivity index (χ1n) is 14.0. The van der Waals surface area contributed by atoms with Crippen molar-refractivity contribution in [2.45, 2.75) is 13.8 Å². The molecule has 0 radical (unpaired) electrons. The zero-order valence-electron chi connectivity index (χ0n) is 23.2. The van der Waals surface area contributed by atoms with Crippen LogP contribution in [-0.2, 0) is 0 Å². The summed E-state index contributed by atoms with van der Waals surface area (Å²) >= 11 is 0. The second-order valence-electron chi connectivity index (χ2n) is 10.8. The fraction of sp³-hybridized carbons (Fsp3) is 0.0588. The maximum Gasteiger partial charge on any atom is 0.186 e. The van der Waals surface area contributed by atoms with Crippen LogP contribution in [0.4, 0.5) is 0 Å². The minimum atomic E-state index is 1.03. The molecule has 8 heterocycles. The van der Waals surface area contributed by atoms with E-state index in [1.807, 2.05) is 0 Å². The molecule has 0 unspecified atom stereocenters. The summed E-state index contributed by atoms with van der Waals surface area (Å²) in [5.41, 5.74) is 12.8. The van der Waals surface area contributed by atoms with Crippen molar-refractivity contribution < 1.29 is 0 Å². The Labute approximate surface area is 241 Å². The van der Waals surface area contributed by atoms with E-state index in [-0.39, 0.29) is 0 Å². The standard InChI is InChI=1S/C34H30N8/c1-19-3-5-21(35-19)23-7-9-25(37-23)27-11-13-29(39-27)31-15-17-33(41-31)34-18-16-32(42-34)30-14-12-28(40-30)26-10-8-24(38-26)22-6-4-20(2)36-22/h3-18,35-42H,1-2H3/q+2/b31-29+,32-30+,34-33+. The van der Waals surface area contributed by atoms with Crippen LogP contribution in [0.3, 0.4) is 0 Å². The summed E-state index contributed by atoms with van der Waals surface area (Å²) in [7, 11) is 0. The number of hydrogen-bond acceptors (Lipinski definition) is 2. The summed E-state index contributed by atoms with van der Waals surface area (Å²) in [6.07, 6.45) is 8.42. The van der Waals surface area contributed by atoms with E-state index < -0.39 is 0 Å². The number of aromatic nitrogens is 6. The third kappa shape index (κ3) is 4.26. The molecule has 0 amide bonds. The highest BCUT2D eigenvalue weighted by molar-refractivity contribution is 5.82. The van der Waals surface area contributed by atoms with E-state index in [9.17, 15) is 0 Å². The summed E-state index contributed by atoms with van der Waals surface area (Å²) in [5.74, 6) is 0. The highest BCUT2D eigenvalue weighted by Gasteiger charge is 2.23. The van der Waals surface area contributed by atoms with Gasteiger partial charge in [0, 0.05) is 23.5 Å². The zero-order chi connectivity index (χ0) is 28.2. The van der Waals surface area contributed by atoms with Gasteiger partial charge in [0.25, 0.3) is 0 Å². The van der Waals surface area contributed by atoms with Crippen LogP contribution in [0.25, 0.3) is 45.6 Å². The molecule has 0 bridgehead atoms. The topological polar surface area (TPSA) is 119 Å². The molecule has 2 aliphatic rings. The molecule has 2 aliphatic heterocycles. The van der Waals surface area contributed by atoms with Crippen molar-refractivity contribution in [3.63, 3.8) is 0 Å². The number of H-pyrrole nitrogens is 6. The lowest BCUT2D eigenvalue weighted by molar-refractivity contribution is 1.13. The normalized spacial score (nSPS) is 17.9. The Balaban J connectivity index is 1.02. The summed E-state index contributed by atoms with van der Waals surface area (Å²) in [6.45, 7) is 4.12. The molecular formula is C34H30N8+2. The van der Waals surface area contributed by atoms with E-state index in [1.165, 1.54) is 0 Å². The average Bonchev–Trinajstić information content (AvgIpc) is 3.81. The first-order chi connectivity index (χ1) is 20.6. The number of aryl methyl sites for hydroxylation is 2. The summed E-state index contributed by atoms with van der Waals surface area (Å²) in [6, 6.07) is 25.2. The van der Waals surface area contributed by atoms with Crippen molar-refractivity contribution in [2.75, 3.05) is 0 Å². The molecule has 0 aliphatic carbocycles. The maximum absolute atomic E-state index is 3.56. The lowest BCUT2D eigenvalue weighted by Gasteiger charge is -1.96. The van der Waals surface area contributed by atoms with Gasteiger partial charge in [-0.2, -0.15) is 0 Å². The molecule has 0 aromatic carbocycles. The monoisotopic (exact) mass is 550 g/mol. The lowest BCUT2D eigenvalue weighted by Crippen LogP contribution is -2.16. The predicted molar refractivity (Wildman–Crippen MR) is 167 cm³/mol. The summed E-state index contributed by atoms with van der Waals surface area (Å²) < 4.78 is 0. The van der Waals surface area contributed by atoms with Crippen molar-refractivity contribution in [1.29, 1.82) is 0 Å². The van der Waals surface area contributed by atoms with E-state index in [0.717, 1.165) is 89.7 Å². The Morgan fingerprint density at radius 1 is 0.381 bits per heavy atom. The Hall–Kier alpha value is -5.76. The minimum absolute atomic E-state index is 1.03. The molecule has 204 valence electrons. The van der Waals surface area contributed by atoms with Gasteiger partial charge in [0.2, 0.25) is 0 Å². The van der Waals surface area contributed by atoms with Crippen molar-refractivity contribution in [2.24, 2.45) is 0 Å². The van der Waals surface area contributed by atoms with Crippen molar-refractivity contribution in [3.05, 3.63) is 142 Å². The lowest BCUT2D eigenvalue weighted by atomic mass is 10.3. The van der Waals surface area contributed by atoms with Crippen LogP contribution in [0, 0.1) is 37.4 Å². The number of nitrogens with one attached hydrogen (secondary N) is 8. The Bertz CT molecular complexity index is 2070. The molecule has 42 heavy (non-hydrogen) atoms. The van der Waals surface area contributed by atoms with E-state index >= 15 is 0 Å². The molecule has 0 saturated heterocycles. The largest absolute Gasteiger partial charge is 0.357 e. The average molecular weight is 551 g/mol. The summed E-state index contributed by atoms with van der Waals surface area (Å²) in [5, 5.41) is 11.2. The van der Waals surface area contributed by atoms with Gasteiger partial charge in [-0.1, -0.05) is 0 Å². The zero-order valence-corrected chi connectivity index (χ0v) is 23.2. The molecular weight excluding hydrogens is 520 g/mol. The highest BCUT2D eigenvalue weighted by Crippen LogP contribution is 2.26. The van der Waals surface area contributed by atoms with Gasteiger partial charge >= 0.3 is 0 Å². The minimum Gasteiger partial charge on any atom is -0.357 e. The summed E-state index contributed by atoms with van der Waals surface area (Å²) in [4.78, 5) is 20.9. The van der Waals surface area contributed by atoms with Crippen LogP contribution < -0.4 is 21.3 Å². The van der Waals surface area contributed by atoms with Crippen LogP contribution in [0.15, 0.2) is 84.9 Å². The number of hydrogen-bond donors (Lipinski definition) is 8. The van der Waals surface area contributed by atoms with Gasteiger partial charge in [-0.15, -0.1) is 0 Å². The van der Waals surface area contributed by atoms with Crippen molar-refractivity contribution in [1.82, 2.24) is 40.5 Å². The Kier molecular flexibility index (Phi) is 5.40. The maximum atomic E-state index is 3.56. The SMILES string of the molecule is Cc1ccc(-c2ccc(C3=C[CH+]/C(=c4/cc/c(=c5/cc/c(=C6/[CH+]C=C(c7ccc(-c8ccc(C)[nH]8)[nH]7)N6)[nH]5)[nH]4)N3)[nH]2)[nH]1. The number of rotatable bonds is 4. The van der Waals surface area contributed by atoms with Gasteiger partial charge in [-0.05, 0) is 74.5 Å². The molecule has 8 rings (SSSR count). The fourth-order valence-electron chi connectivity index (χ4n) is 5.58. The molecule has 6 aromatic rings. The first-order valence-corrected chi connectivity index (χ1v) is 14.0.